The molecule has 0 fully saturated rings. The highest BCUT2D eigenvalue weighted by atomic mass is 15.1. The average molecular weight is 287 g/mol. The van der Waals surface area contributed by atoms with Crippen LogP contribution in [0.1, 0.15) is 52.5 Å². The fraction of sp³-hybridized carbons (Fsp3) is 0.611. The molecule has 0 aliphatic heterocycles. The molecule has 0 radical (unpaired) electrons. The Morgan fingerprint density at radius 3 is 2.48 bits per heavy atom. The molecule has 0 aliphatic rings. The molecule has 0 aliphatic carbocycles. The van der Waals surface area contributed by atoms with Gasteiger partial charge >= 0.3 is 0 Å². The van der Waals surface area contributed by atoms with Crippen molar-refractivity contribution in [2.24, 2.45) is 5.41 Å². The predicted molar refractivity (Wildman–Crippen MR) is 89.6 cm³/mol. The molecule has 1 aromatic rings. The average Bonchev–Trinajstić information content (AvgIpc) is 2.44. The van der Waals surface area contributed by atoms with Crippen LogP contribution >= 0.6 is 0 Å². The molecule has 0 aromatic heterocycles. The smallest absolute Gasteiger partial charge is 0.0683 e. The second kappa shape index (κ2) is 8.05. The van der Waals surface area contributed by atoms with Gasteiger partial charge in [-0.2, -0.15) is 5.26 Å². The Labute approximate surface area is 129 Å². The van der Waals surface area contributed by atoms with Crippen LogP contribution in [0, 0.1) is 16.7 Å². The topological polar surface area (TPSA) is 53.0 Å². The monoisotopic (exact) mass is 287 g/mol. The number of rotatable bonds is 8. The molecule has 0 atom stereocenters. The van der Waals surface area contributed by atoms with Crippen LogP contribution in [-0.2, 0) is 6.54 Å². The fourth-order valence-corrected chi connectivity index (χ4v) is 2.35. The largest absolute Gasteiger partial charge is 0.398 e. The Morgan fingerprint density at radius 2 is 1.90 bits per heavy atom. The van der Waals surface area contributed by atoms with Gasteiger partial charge in [0.1, 0.15) is 0 Å². The maximum absolute atomic E-state index is 9.04. The van der Waals surface area contributed by atoms with Gasteiger partial charge in [-0.05, 0) is 58.7 Å². The van der Waals surface area contributed by atoms with Crippen LogP contribution in [-0.4, -0.2) is 17.5 Å². The highest BCUT2D eigenvalue weighted by Gasteiger charge is 2.16. The Kier molecular flexibility index (Phi) is 6.71. The third-order valence-electron chi connectivity index (χ3n) is 3.96. The van der Waals surface area contributed by atoms with Crippen molar-refractivity contribution in [3.63, 3.8) is 0 Å². The Balaban J connectivity index is 2.49. The van der Waals surface area contributed by atoms with Gasteiger partial charge in [-0.3, -0.25) is 4.90 Å². The first-order valence-corrected chi connectivity index (χ1v) is 7.84. The third-order valence-corrected chi connectivity index (χ3v) is 3.96. The van der Waals surface area contributed by atoms with Crippen LogP contribution in [0.4, 0.5) is 5.69 Å². The van der Waals surface area contributed by atoms with Crippen molar-refractivity contribution in [3.8, 4) is 6.07 Å². The third kappa shape index (κ3) is 6.18. The van der Waals surface area contributed by atoms with Crippen LogP contribution in [0.25, 0.3) is 0 Å². The zero-order chi connectivity index (χ0) is 15.9. The number of nitrogen functional groups attached to an aromatic ring is 1. The van der Waals surface area contributed by atoms with E-state index in [4.69, 9.17) is 11.0 Å². The summed E-state index contributed by atoms with van der Waals surface area (Å²) < 4.78 is 0. The predicted octanol–water partition coefficient (Wildman–Crippen LogP) is 4.20. The summed E-state index contributed by atoms with van der Waals surface area (Å²) in [6, 6.07) is 10.9. The zero-order valence-electron chi connectivity index (χ0n) is 13.9. The van der Waals surface area contributed by atoms with E-state index < -0.39 is 0 Å². The van der Waals surface area contributed by atoms with Gasteiger partial charge in [-0.15, -0.1) is 0 Å². The van der Waals surface area contributed by atoms with Crippen LogP contribution < -0.4 is 5.73 Å². The van der Waals surface area contributed by atoms with Crippen LogP contribution in [0.2, 0.25) is 0 Å². The summed E-state index contributed by atoms with van der Waals surface area (Å²) in [5.41, 5.74) is 7.90. The summed E-state index contributed by atoms with van der Waals surface area (Å²) in [6.07, 6.45) is 3.17. The van der Waals surface area contributed by atoms with Crippen molar-refractivity contribution in [2.45, 2.75) is 59.5 Å². The second-order valence-electron chi connectivity index (χ2n) is 6.72. The molecule has 0 saturated heterocycles. The highest BCUT2D eigenvalue weighted by Crippen LogP contribution is 2.22. The highest BCUT2D eigenvalue weighted by molar-refractivity contribution is 5.46. The lowest BCUT2D eigenvalue weighted by Gasteiger charge is -2.27. The number of hydrogen-bond donors (Lipinski definition) is 1. The van der Waals surface area contributed by atoms with E-state index in [0.717, 1.165) is 38.0 Å². The summed E-state index contributed by atoms with van der Waals surface area (Å²) in [4.78, 5) is 2.45. The summed E-state index contributed by atoms with van der Waals surface area (Å²) in [5, 5.41) is 9.04. The summed E-state index contributed by atoms with van der Waals surface area (Å²) >= 11 is 0. The normalized spacial score (nSPS) is 11.9. The van der Waals surface area contributed by atoms with Gasteiger partial charge in [-0.1, -0.05) is 24.6 Å². The Morgan fingerprint density at radius 1 is 1.24 bits per heavy atom. The SMILES string of the molecule is CC(C)N(CCCCC(C)(C)C#N)Cc1ccccc1N. The van der Waals surface area contributed by atoms with Crippen molar-refractivity contribution >= 4 is 5.69 Å². The lowest BCUT2D eigenvalue weighted by atomic mass is 9.89. The molecule has 0 saturated carbocycles. The van der Waals surface area contributed by atoms with Crippen LogP contribution in [0.3, 0.4) is 0 Å². The van der Waals surface area contributed by atoms with E-state index in [1.54, 1.807) is 0 Å². The van der Waals surface area contributed by atoms with Gasteiger partial charge in [0.2, 0.25) is 0 Å². The van der Waals surface area contributed by atoms with Gasteiger partial charge in [0.15, 0.2) is 0 Å². The molecular formula is C18H29N3. The molecular weight excluding hydrogens is 258 g/mol. The molecule has 1 aromatic carbocycles. The van der Waals surface area contributed by atoms with Gasteiger partial charge in [0.25, 0.3) is 0 Å². The number of nitrogens with two attached hydrogens (primary N) is 1. The lowest BCUT2D eigenvalue weighted by molar-refractivity contribution is 0.206. The first kappa shape index (κ1) is 17.5. The maximum atomic E-state index is 9.04. The second-order valence-corrected chi connectivity index (χ2v) is 6.72. The quantitative estimate of drug-likeness (QED) is 0.576. The van der Waals surface area contributed by atoms with E-state index in [2.05, 4.69) is 30.9 Å². The Bertz CT molecular complexity index is 472. The molecule has 3 nitrogen and oxygen atoms in total. The van der Waals surface area contributed by atoms with Gasteiger partial charge in [0.05, 0.1) is 11.5 Å². The maximum Gasteiger partial charge on any atom is 0.0683 e. The number of anilines is 1. The summed E-state index contributed by atoms with van der Waals surface area (Å²) in [5.74, 6) is 0. The van der Waals surface area contributed by atoms with E-state index in [1.807, 2.05) is 32.0 Å². The molecule has 116 valence electrons. The van der Waals surface area contributed by atoms with Crippen LogP contribution in [0.5, 0.6) is 0 Å². The molecule has 2 N–H and O–H groups in total. The Hall–Kier alpha value is -1.53. The minimum Gasteiger partial charge on any atom is -0.398 e. The number of hydrogen-bond acceptors (Lipinski definition) is 3. The van der Waals surface area contributed by atoms with Gasteiger partial charge in [-0.25, -0.2) is 0 Å². The van der Waals surface area contributed by atoms with Crippen molar-refractivity contribution in [1.29, 1.82) is 5.26 Å². The molecule has 21 heavy (non-hydrogen) atoms. The van der Waals surface area contributed by atoms with Gasteiger partial charge in [0, 0.05) is 18.3 Å². The first-order chi connectivity index (χ1) is 9.85. The lowest BCUT2D eigenvalue weighted by Crippen LogP contribution is -2.31. The molecule has 0 heterocycles. The van der Waals surface area contributed by atoms with E-state index in [0.29, 0.717) is 6.04 Å². The molecule has 0 spiro atoms. The van der Waals surface area contributed by atoms with Crippen LogP contribution in [0.15, 0.2) is 24.3 Å². The number of unbranched alkanes of at least 4 members (excludes halogenated alkanes) is 1. The summed E-state index contributed by atoms with van der Waals surface area (Å²) in [6.45, 7) is 10.4. The van der Waals surface area contributed by atoms with Crippen molar-refractivity contribution < 1.29 is 0 Å². The zero-order valence-corrected chi connectivity index (χ0v) is 13.9. The number of nitrogens with zero attached hydrogens (tertiary/aromatic N) is 2. The van der Waals surface area contributed by atoms with Gasteiger partial charge < -0.3 is 5.73 Å². The van der Waals surface area contributed by atoms with Crippen molar-refractivity contribution in [2.75, 3.05) is 12.3 Å². The van der Waals surface area contributed by atoms with Crippen molar-refractivity contribution in [3.05, 3.63) is 29.8 Å². The number of para-hydroxylation sites is 1. The summed E-state index contributed by atoms with van der Waals surface area (Å²) in [7, 11) is 0. The fourth-order valence-electron chi connectivity index (χ4n) is 2.35. The number of benzene rings is 1. The minimum absolute atomic E-state index is 0.202. The van der Waals surface area contributed by atoms with E-state index in [1.165, 1.54) is 5.56 Å². The van der Waals surface area contributed by atoms with E-state index >= 15 is 0 Å². The van der Waals surface area contributed by atoms with E-state index in [-0.39, 0.29) is 5.41 Å². The first-order valence-electron chi connectivity index (χ1n) is 7.84. The molecule has 0 amide bonds. The molecule has 0 unspecified atom stereocenters. The minimum atomic E-state index is -0.202. The van der Waals surface area contributed by atoms with E-state index in [9.17, 15) is 0 Å². The molecule has 1 rings (SSSR count). The molecule has 3 heteroatoms. The van der Waals surface area contributed by atoms with Crippen molar-refractivity contribution in [1.82, 2.24) is 4.90 Å². The standard InChI is InChI=1S/C18H29N3/c1-15(2)21(12-8-7-11-18(3,4)14-19)13-16-9-5-6-10-17(16)20/h5-6,9-10,15H,7-8,11-13,20H2,1-4H3. The molecule has 0 bridgehead atoms. The number of nitriles is 1.